The molecule has 1 aromatic carbocycles. The number of hydrogen-bond acceptors (Lipinski definition) is 5. The summed E-state index contributed by atoms with van der Waals surface area (Å²) in [5.41, 5.74) is 6.92. The zero-order valence-corrected chi connectivity index (χ0v) is 14.7. The summed E-state index contributed by atoms with van der Waals surface area (Å²) < 4.78 is 54.7. The van der Waals surface area contributed by atoms with E-state index in [0.29, 0.717) is 36.8 Å². The largest absolute Gasteiger partial charge is 0.493 e. The summed E-state index contributed by atoms with van der Waals surface area (Å²) in [4.78, 5) is 11.2. The van der Waals surface area contributed by atoms with Crippen LogP contribution in [0.4, 0.5) is 13.2 Å². The van der Waals surface area contributed by atoms with Crippen molar-refractivity contribution in [2.75, 3.05) is 13.2 Å². The third-order valence-electron chi connectivity index (χ3n) is 4.74. The first kappa shape index (κ1) is 18.6. The van der Waals surface area contributed by atoms with Crippen LogP contribution >= 0.6 is 0 Å². The van der Waals surface area contributed by atoms with E-state index in [9.17, 15) is 18.0 Å². The average molecular weight is 397 g/mol. The third-order valence-corrected chi connectivity index (χ3v) is 4.74. The molecule has 1 unspecified atom stereocenters. The predicted octanol–water partition coefficient (Wildman–Crippen LogP) is 2.07. The van der Waals surface area contributed by atoms with Crippen molar-refractivity contribution in [2.24, 2.45) is 11.7 Å². The molecule has 0 saturated carbocycles. The molecule has 0 saturated heterocycles. The van der Waals surface area contributed by atoms with Crippen molar-refractivity contribution in [1.82, 2.24) is 9.78 Å². The van der Waals surface area contributed by atoms with Crippen molar-refractivity contribution in [3.63, 3.8) is 0 Å². The van der Waals surface area contributed by atoms with E-state index < -0.39 is 18.7 Å². The van der Waals surface area contributed by atoms with Gasteiger partial charge in [0.1, 0.15) is 18.5 Å². The predicted molar refractivity (Wildman–Crippen MR) is 90.0 cm³/mol. The lowest BCUT2D eigenvalue weighted by Crippen LogP contribution is -2.35. The number of alkyl halides is 3. The number of fused-ring (bicyclic) bond motifs is 2. The molecule has 2 atom stereocenters. The number of amides is 1. The SMILES string of the molecule is NC(=O)c1cc2n(n1)CC([C@H]1COc3ccc(COCC(F)(F)F)cc3C1)O2. The summed E-state index contributed by atoms with van der Waals surface area (Å²) in [6.07, 6.45) is -3.87. The Morgan fingerprint density at radius 2 is 2.18 bits per heavy atom. The van der Waals surface area contributed by atoms with Gasteiger partial charge in [-0.2, -0.15) is 18.3 Å². The van der Waals surface area contributed by atoms with Gasteiger partial charge < -0.3 is 19.9 Å². The fourth-order valence-electron chi connectivity index (χ4n) is 3.44. The van der Waals surface area contributed by atoms with Crippen LogP contribution in [-0.2, 0) is 24.3 Å². The number of nitrogens with two attached hydrogens (primary N) is 1. The smallest absolute Gasteiger partial charge is 0.411 e. The Morgan fingerprint density at radius 1 is 1.36 bits per heavy atom. The molecule has 0 radical (unpaired) electrons. The second-order valence-corrected chi connectivity index (χ2v) is 6.90. The lowest BCUT2D eigenvalue weighted by molar-refractivity contribution is -0.176. The molecule has 0 fully saturated rings. The Morgan fingerprint density at radius 3 is 2.89 bits per heavy atom. The molecule has 0 spiro atoms. The summed E-state index contributed by atoms with van der Waals surface area (Å²) in [6, 6.07) is 6.76. The van der Waals surface area contributed by atoms with Crippen LogP contribution in [-0.4, -0.2) is 41.2 Å². The molecule has 2 N–H and O–H groups in total. The maximum atomic E-state index is 12.2. The molecule has 0 aliphatic carbocycles. The van der Waals surface area contributed by atoms with Crippen LogP contribution in [0, 0.1) is 5.92 Å². The van der Waals surface area contributed by atoms with Crippen LogP contribution in [0.25, 0.3) is 0 Å². The van der Waals surface area contributed by atoms with Crippen LogP contribution < -0.4 is 15.2 Å². The van der Waals surface area contributed by atoms with Gasteiger partial charge >= 0.3 is 6.18 Å². The maximum absolute atomic E-state index is 12.2. The van der Waals surface area contributed by atoms with Gasteiger partial charge in [0.2, 0.25) is 5.88 Å². The number of carbonyl (C=O) groups excluding carboxylic acids is 1. The molecule has 2 aromatic rings. The monoisotopic (exact) mass is 397 g/mol. The highest BCUT2D eigenvalue weighted by Crippen LogP contribution is 2.34. The molecule has 2 aliphatic rings. The minimum Gasteiger partial charge on any atom is -0.493 e. The van der Waals surface area contributed by atoms with Crippen molar-refractivity contribution in [3.8, 4) is 11.6 Å². The van der Waals surface area contributed by atoms with E-state index in [1.807, 2.05) is 0 Å². The highest BCUT2D eigenvalue weighted by atomic mass is 19.4. The molecule has 1 aromatic heterocycles. The van der Waals surface area contributed by atoms with Crippen molar-refractivity contribution in [3.05, 3.63) is 41.1 Å². The highest BCUT2D eigenvalue weighted by molar-refractivity contribution is 5.91. The highest BCUT2D eigenvalue weighted by Gasteiger charge is 2.35. The molecule has 2 aliphatic heterocycles. The van der Waals surface area contributed by atoms with Crippen molar-refractivity contribution in [2.45, 2.75) is 31.9 Å². The van der Waals surface area contributed by atoms with Crippen LogP contribution in [0.15, 0.2) is 24.3 Å². The van der Waals surface area contributed by atoms with Gasteiger partial charge in [0.15, 0.2) is 5.69 Å². The first-order chi connectivity index (χ1) is 13.3. The van der Waals surface area contributed by atoms with Gasteiger partial charge in [-0.05, 0) is 29.7 Å². The molecule has 150 valence electrons. The van der Waals surface area contributed by atoms with Gasteiger partial charge in [0, 0.05) is 12.0 Å². The second kappa shape index (κ2) is 7.01. The number of benzene rings is 1. The van der Waals surface area contributed by atoms with Crippen molar-refractivity contribution >= 4 is 5.91 Å². The molecule has 4 rings (SSSR count). The van der Waals surface area contributed by atoms with E-state index in [2.05, 4.69) is 5.10 Å². The van der Waals surface area contributed by atoms with Crippen LogP contribution in [0.1, 0.15) is 21.6 Å². The molecule has 7 nitrogen and oxygen atoms in total. The lowest BCUT2D eigenvalue weighted by atomic mass is 9.91. The molecule has 3 heterocycles. The first-order valence-corrected chi connectivity index (χ1v) is 8.72. The fourth-order valence-corrected chi connectivity index (χ4v) is 3.44. The van der Waals surface area contributed by atoms with Gasteiger partial charge in [-0.3, -0.25) is 4.79 Å². The number of halogens is 3. The van der Waals surface area contributed by atoms with E-state index in [1.165, 1.54) is 6.07 Å². The number of ether oxygens (including phenoxy) is 3. The first-order valence-electron chi connectivity index (χ1n) is 8.72. The minimum atomic E-state index is -4.35. The second-order valence-electron chi connectivity index (χ2n) is 6.90. The van der Waals surface area contributed by atoms with Gasteiger partial charge in [-0.1, -0.05) is 6.07 Å². The number of aromatic nitrogens is 2. The van der Waals surface area contributed by atoms with E-state index in [0.717, 1.165) is 5.56 Å². The Hall–Kier alpha value is -2.75. The van der Waals surface area contributed by atoms with E-state index in [4.69, 9.17) is 19.9 Å². The standard InChI is InChI=1S/C18H18F3N3O4/c19-18(20,21)9-26-7-10-1-2-14-11(3-10)4-12(8-27-14)15-6-24-16(28-15)5-13(23-24)17(22)25/h1-3,5,12,15H,4,6-9H2,(H2,22,25)/t12-,15?/m1/s1. The number of primary amides is 1. The molecular weight excluding hydrogens is 379 g/mol. The van der Waals surface area contributed by atoms with E-state index in [1.54, 1.807) is 22.9 Å². The lowest BCUT2D eigenvalue weighted by Gasteiger charge is -2.29. The molecule has 28 heavy (non-hydrogen) atoms. The fraction of sp³-hybridized carbons (Fsp3) is 0.444. The Labute approximate surface area is 158 Å². The quantitative estimate of drug-likeness (QED) is 0.835. The number of nitrogens with zero attached hydrogens (tertiary/aromatic N) is 2. The summed E-state index contributed by atoms with van der Waals surface area (Å²) >= 11 is 0. The summed E-state index contributed by atoms with van der Waals surface area (Å²) in [5.74, 6) is 0.622. The average Bonchev–Trinajstić information content (AvgIpc) is 3.19. The zero-order chi connectivity index (χ0) is 19.9. The topological polar surface area (TPSA) is 88.6 Å². The number of rotatable bonds is 5. The Balaban J connectivity index is 1.39. The van der Waals surface area contributed by atoms with Gasteiger partial charge in [0.25, 0.3) is 5.91 Å². The van der Waals surface area contributed by atoms with Gasteiger partial charge in [-0.15, -0.1) is 0 Å². The summed E-state index contributed by atoms with van der Waals surface area (Å²) in [7, 11) is 0. The van der Waals surface area contributed by atoms with E-state index in [-0.39, 0.29) is 24.3 Å². The van der Waals surface area contributed by atoms with Crippen LogP contribution in [0.5, 0.6) is 11.6 Å². The van der Waals surface area contributed by atoms with E-state index >= 15 is 0 Å². The Bertz CT molecular complexity index is 873. The molecule has 0 bridgehead atoms. The molecule has 10 heteroatoms. The summed E-state index contributed by atoms with van der Waals surface area (Å²) in [5, 5.41) is 4.12. The number of carbonyl (C=O) groups is 1. The van der Waals surface area contributed by atoms with Crippen LogP contribution in [0.3, 0.4) is 0 Å². The molecular formula is C18H18F3N3O4. The maximum Gasteiger partial charge on any atom is 0.411 e. The zero-order valence-electron chi connectivity index (χ0n) is 14.7. The normalized spacial score (nSPS) is 20.8. The van der Waals surface area contributed by atoms with Gasteiger partial charge in [-0.25, -0.2) is 4.68 Å². The molecule has 1 amide bonds. The minimum absolute atomic E-state index is 0.0394. The van der Waals surface area contributed by atoms with Crippen molar-refractivity contribution < 1.29 is 32.2 Å². The summed E-state index contributed by atoms with van der Waals surface area (Å²) in [6.45, 7) is -0.476. The Kier molecular flexibility index (Phi) is 4.66. The third kappa shape index (κ3) is 3.91. The van der Waals surface area contributed by atoms with Crippen LogP contribution in [0.2, 0.25) is 0 Å². The number of hydrogen-bond donors (Lipinski definition) is 1. The van der Waals surface area contributed by atoms with Gasteiger partial charge in [0.05, 0.1) is 19.8 Å². The van der Waals surface area contributed by atoms with Crippen molar-refractivity contribution in [1.29, 1.82) is 0 Å².